The summed E-state index contributed by atoms with van der Waals surface area (Å²) in [5, 5.41) is 9.90. The molecular weight excluding hydrogens is 749 g/mol. The van der Waals surface area contributed by atoms with E-state index in [1.165, 1.54) is 82.0 Å². The lowest BCUT2D eigenvalue weighted by Gasteiger charge is -2.34. The van der Waals surface area contributed by atoms with Crippen LogP contribution in [0.3, 0.4) is 0 Å². The largest absolute Gasteiger partial charge is 0.335 e. The lowest BCUT2D eigenvalue weighted by atomic mass is 9.84. The first kappa shape index (κ1) is 37.0. The lowest BCUT2D eigenvalue weighted by molar-refractivity contribution is 0.916. The number of fused-ring (bicyclic) bond motifs is 5. The molecule has 0 amide bonds. The van der Waals surface area contributed by atoms with Gasteiger partial charge in [0.05, 0.1) is 11.4 Å². The van der Waals surface area contributed by atoms with E-state index >= 15 is 0 Å². The zero-order valence-electron chi connectivity index (χ0n) is 34.4. The minimum Gasteiger partial charge on any atom is -0.335 e. The predicted molar refractivity (Wildman–Crippen MR) is 267 cm³/mol. The molecule has 2 nitrogen and oxygen atoms in total. The molecule has 292 valence electrons. The van der Waals surface area contributed by atoms with E-state index in [0.717, 1.165) is 39.3 Å². The van der Waals surface area contributed by atoms with Crippen molar-refractivity contribution in [3.8, 4) is 44.5 Å². The Morgan fingerprint density at radius 3 is 1.53 bits per heavy atom. The number of benzene rings is 10. The van der Waals surface area contributed by atoms with Crippen LogP contribution >= 0.6 is 0 Å². The molecule has 1 heterocycles. The van der Waals surface area contributed by atoms with Crippen molar-refractivity contribution in [1.82, 2.24) is 0 Å². The van der Waals surface area contributed by atoms with Crippen molar-refractivity contribution >= 4 is 66.8 Å². The SMILES string of the molecule is C=CC1=C(C=C)N(c2ccc(-c3ccc(-c4ccc5c(-c6ccc7ccccc7c6)c6ccccc6c(-c6ccc7ccccc7c6)c5c4)cc3)cc2N=C)Cc2ccccc21. The highest BCUT2D eigenvalue weighted by atomic mass is 15.2. The topological polar surface area (TPSA) is 15.6 Å². The molecule has 0 aliphatic carbocycles. The van der Waals surface area contributed by atoms with Crippen molar-refractivity contribution < 1.29 is 0 Å². The maximum atomic E-state index is 4.54. The molecule has 1 aliphatic heterocycles. The van der Waals surface area contributed by atoms with E-state index in [1.807, 2.05) is 12.2 Å². The number of rotatable bonds is 8. The minimum atomic E-state index is 0.708. The summed E-state index contributed by atoms with van der Waals surface area (Å²) in [4.78, 5) is 6.81. The van der Waals surface area contributed by atoms with E-state index in [2.05, 4.69) is 224 Å². The normalized spacial score (nSPS) is 12.5. The van der Waals surface area contributed by atoms with Crippen LogP contribution in [0.15, 0.2) is 230 Å². The van der Waals surface area contributed by atoms with E-state index in [-0.39, 0.29) is 0 Å². The number of allylic oxidation sites excluding steroid dienone is 3. The molecule has 10 aromatic carbocycles. The number of hydrogen-bond donors (Lipinski definition) is 0. The minimum absolute atomic E-state index is 0.708. The predicted octanol–water partition coefficient (Wildman–Crippen LogP) is 16.4. The molecule has 0 N–H and O–H groups in total. The summed E-state index contributed by atoms with van der Waals surface area (Å²) in [7, 11) is 0. The molecule has 1 aliphatic rings. The van der Waals surface area contributed by atoms with Gasteiger partial charge < -0.3 is 4.90 Å². The molecule has 0 saturated carbocycles. The monoisotopic (exact) mass is 790 g/mol. The average Bonchev–Trinajstić information content (AvgIpc) is 3.34. The second kappa shape index (κ2) is 15.2. The summed E-state index contributed by atoms with van der Waals surface area (Å²) >= 11 is 0. The molecule has 0 aromatic heterocycles. The van der Waals surface area contributed by atoms with E-state index in [1.54, 1.807) is 0 Å². The van der Waals surface area contributed by atoms with E-state index < -0.39 is 0 Å². The van der Waals surface area contributed by atoms with Crippen molar-refractivity contribution in [2.24, 2.45) is 4.99 Å². The van der Waals surface area contributed by atoms with Crippen molar-refractivity contribution in [3.63, 3.8) is 0 Å². The number of anilines is 1. The van der Waals surface area contributed by atoms with Crippen molar-refractivity contribution in [1.29, 1.82) is 0 Å². The second-order valence-electron chi connectivity index (χ2n) is 16.1. The van der Waals surface area contributed by atoms with Crippen molar-refractivity contribution in [2.45, 2.75) is 6.54 Å². The Morgan fingerprint density at radius 2 is 0.919 bits per heavy atom. The summed E-state index contributed by atoms with van der Waals surface area (Å²) in [6.45, 7) is 13.0. The van der Waals surface area contributed by atoms with Gasteiger partial charge in [0.1, 0.15) is 0 Å². The lowest BCUT2D eigenvalue weighted by Crippen LogP contribution is -2.26. The fraction of sp³-hybridized carbons (Fsp3) is 0.0167. The maximum Gasteiger partial charge on any atom is 0.0865 e. The second-order valence-corrected chi connectivity index (χ2v) is 16.1. The van der Waals surface area contributed by atoms with Crippen LogP contribution in [0, 0.1) is 0 Å². The summed E-state index contributed by atoms with van der Waals surface area (Å²) in [5.74, 6) is 0. The van der Waals surface area contributed by atoms with Crippen LogP contribution in [0.4, 0.5) is 11.4 Å². The van der Waals surface area contributed by atoms with E-state index in [4.69, 9.17) is 0 Å². The van der Waals surface area contributed by atoms with Crippen LogP contribution in [-0.2, 0) is 6.54 Å². The third-order valence-corrected chi connectivity index (χ3v) is 12.7. The van der Waals surface area contributed by atoms with Gasteiger partial charge in [0, 0.05) is 17.8 Å². The highest BCUT2D eigenvalue weighted by Gasteiger charge is 2.25. The highest BCUT2D eigenvalue weighted by molar-refractivity contribution is 6.22. The fourth-order valence-electron chi connectivity index (χ4n) is 9.69. The molecule has 10 aromatic rings. The van der Waals surface area contributed by atoms with Crippen molar-refractivity contribution in [2.75, 3.05) is 4.90 Å². The molecule has 0 fully saturated rings. The molecule has 0 spiro atoms. The standard InChI is InChI=1S/C60H42N2/c1-4-50-51-19-11-10-18-49(51)38-62(57(50)5-2)58-33-31-46(37-56(58)61-3)42-24-22-41(23-25-42)45-30-32-54-55(36-45)60(48-29-27-40-15-7-9-17-44(40)35-48)53-21-13-12-20-52(53)59(54)47-28-26-39-14-6-8-16-43(39)34-47/h4-37H,1-3,38H2. The molecule has 0 saturated heterocycles. The van der Waals surface area contributed by atoms with Gasteiger partial charge in [-0.3, -0.25) is 4.99 Å². The van der Waals surface area contributed by atoms with Crippen molar-refractivity contribution in [3.05, 3.63) is 236 Å². The van der Waals surface area contributed by atoms with Crippen LogP contribution in [0.25, 0.3) is 93.2 Å². The Kier molecular flexibility index (Phi) is 9.06. The van der Waals surface area contributed by atoms with E-state index in [0.29, 0.717) is 6.54 Å². The quantitative estimate of drug-likeness (QED) is 0.111. The van der Waals surface area contributed by atoms with Gasteiger partial charge in [-0.05, 0) is 142 Å². The molecule has 0 bridgehead atoms. The van der Waals surface area contributed by atoms with Crippen LogP contribution in [-0.4, -0.2) is 6.72 Å². The Balaban J connectivity index is 1.03. The molecular formula is C60H42N2. The van der Waals surface area contributed by atoms with Gasteiger partial charge in [-0.15, -0.1) is 0 Å². The molecule has 0 radical (unpaired) electrons. The number of aliphatic imine (C=N–C) groups is 1. The molecule has 0 atom stereocenters. The third kappa shape index (κ3) is 6.16. The van der Waals surface area contributed by atoms with Gasteiger partial charge in [-0.1, -0.05) is 183 Å². The van der Waals surface area contributed by atoms with E-state index in [9.17, 15) is 0 Å². The van der Waals surface area contributed by atoms with Gasteiger partial charge in [-0.25, -0.2) is 0 Å². The highest BCUT2D eigenvalue weighted by Crippen LogP contribution is 2.46. The smallest absolute Gasteiger partial charge is 0.0865 e. The average molecular weight is 791 g/mol. The van der Waals surface area contributed by atoms with Crippen LogP contribution < -0.4 is 4.90 Å². The zero-order chi connectivity index (χ0) is 41.7. The Morgan fingerprint density at radius 1 is 0.419 bits per heavy atom. The van der Waals surface area contributed by atoms with Gasteiger partial charge in [0.2, 0.25) is 0 Å². The summed E-state index contributed by atoms with van der Waals surface area (Å²) in [6, 6.07) is 70.8. The first-order valence-electron chi connectivity index (χ1n) is 21.1. The Hall–Kier alpha value is -8.07. The Bertz CT molecular complexity index is 3490. The molecule has 0 unspecified atom stereocenters. The summed E-state index contributed by atoms with van der Waals surface area (Å²) in [5.41, 5.74) is 15.8. The van der Waals surface area contributed by atoms with Gasteiger partial charge in [0.15, 0.2) is 0 Å². The van der Waals surface area contributed by atoms with Gasteiger partial charge in [0.25, 0.3) is 0 Å². The van der Waals surface area contributed by atoms with Gasteiger partial charge >= 0.3 is 0 Å². The van der Waals surface area contributed by atoms with Crippen LogP contribution in [0.5, 0.6) is 0 Å². The fourth-order valence-corrected chi connectivity index (χ4v) is 9.69. The molecule has 11 rings (SSSR count). The molecule has 62 heavy (non-hydrogen) atoms. The first-order valence-corrected chi connectivity index (χ1v) is 21.1. The zero-order valence-corrected chi connectivity index (χ0v) is 34.4. The third-order valence-electron chi connectivity index (χ3n) is 12.7. The first-order chi connectivity index (χ1) is 30.6. The van der Waals surface area contributed by atoms with Crippen LogP contribution in [0.1, 0.15) is 11.1 Å². The summed E-state index contributed by atoms with van der Waals surface area (Å²) < 4.78 is 0. The number of hydrogen-bond acceptors (Lipinski definition) is 2. The maximum absolute atomic E-state index is 4.54. The van der Waals surface area contributed by atoms with Crippen LogP contribution in [0.2, 0.25) is 0 Å². The van der Waals surface area contributed by atoms with Gasteiger partial charge in [-0.2, -0.15) is 0 Å². The molecule has 2 heteroatoms. The summed E-state index contributed by atoms with van der Waals surface area (Å²) in [6.07, 6.45) is 3.83. The number of nitrogens with zero attached hydrogens (tertiary/aromatic N) is 2. The Labute approximate surface area is 362 Å².